The smallest absolute Gasteiger partial charge is 0.168 e. The predicted octanol–water partition coefficient (Wildman–Crippen LogP) is 3.76. The zero-order chi connectivity index (χ0) is 20.2. The van der Waals surface area contributed by atoms with Gasteiger partial charge in [0.05, 0.1) is 6.61 Å². The van der Waals surface area contributed by atoms with Crippen molar-refractivity contribution in [1.82, 2.24) is 9.80 Å². The largest absolute Gasteiger partial charge is 0.494 e. The van der Waals surface area contributed by atoms with E-state index in [0.717, 1.165) is 57.2 Å². The normalized spacial score (nSPS) is 15.1. The van der Waals surface area contributed by atoms with Gasteiger partial charge in [-0.2, -0.15) is 0 Å². The number of anilines is 1. The maximum Gasteiger partial charge on any atom is 0.168 e. The van der Waals surface area contributed by atoms with E-state index < -0.39 is 0 Å². The molecule has 0 saturated carbocycles. The van der Waals surface area contributed by atoms with Gasteiger partial charge in [-0.3, -0.25) is 4.90 Å². The number of allylic oxidation sites excluding steroid dienone is 3. The van der Waals surface area contributed by atoms with Crippen LogP contribution in [0.2, 0.25) is 0 Å². The van der Waals surface area contributed by atoms with Crippen molar-refractivity contribution in [1.29, 1.82) is 0 Å². The molecule has 3 N–H and O–H groups in total. The lowest BCUT2D eigenvalue weighted by molar-refractivity contribution is 0.159. The van der Waals surface area contributed by atoms with Crippen molar-refractivity contribution in [2.75, 3.05) is 44.6 Å². The molecule has 1 fully saturated rings. The van der Waals surface area contributed by atoms with Crippen LogP contribution in [0.15, 0.2) is 61.3 Å². The van der Waals surface area contributed by atoms with E-state index >= 15 is 0 Å². The van der Waals surface area contributed by atoms with Crippen LogP contribution in [0.25, 0.3) is 0 Å². The summed E-state index contributed by atoms with van der Waals surface area (Å²) in [5, 5.41) is 3.18. The molecule has 1 aliphatic rings. The number of hydrogen-bond acceptors (Lipinski definition) is 4. The number of ether oxygens (including phenoxy) is 1. The summed E-state index contributed by atoms with van der Waals surface area (Å²) in [5.74, 6) is 0.836. The molecule has 0 unspecified atom stereocenters. The van der Waals surface area contributed by atoms with Crippen molar-refractivity contribution in [3.05, 3.63) is 61.3 Å². The average molecular weight is 401 g/mol. The van der Waals surface area contributed by atoms with Crippen LogP contribution in [0, 0.1) is 0 Å². The van der Waals surface area contributed by atoms with Crippen LogP contribution < -0.4 is 15.8 Å². The van der Waals surface area contributed by atoms with Crippen molar-refractivity contribution in [3.63, 3.8) is 0 Å². The van der Waals surface area contributed by atoms with E-state index in [2.05, 4.69) is 28.3 Å². The van der Waals surface area contributed by atoms with Crippen molar-refractivity contribution in [2.24, 2.45) is 5.73 Å². The van der Waals surface area contributed by atoms with Gasteiger partial charge in [0, 0.05) is 43.6 Å². The summed E-state index contributed by atoms with van der Waals surface area (Å²) < 4.78 is 5.83. The van der Waals surface area contributed by atoms with E-state index in [-0.39, 0.29) is 5.11 Å². The molecule has 0 aliphatic carbocycles. The van der Waals surface area contributed by atoms with E-state index in [4.69, 9.17) is 22.7 Å². The molecule has 28 heavy (non-hydrogen) atoms. The fraction of sp³-hybridized carbons (Fsp3) is 0.409. The molecule has 1 heterocycles. The molecule has 1 aromatic carbocycles. The third-order valence-electron chi connectivity index (χ3n) is 4.72. The first-order chi connectivity index (χ1) is 13.6. The molecule has 1 saturated heterocycles. The lowest BCUT2D eigenvalue weighted by Gasteiger charge is -2.36. The SMILES string of the molecule is C=C/C=C(\C=C)N1CCN(CCCCCOc2cccc(NC(N)=S)c2)CC1. The lowest BCUT2D eigenvalue weighted by atomic mass is 10.2. The highest BCUT2D eigenvalue weighted by Gasteiger charge is 2.16. The average Bonchev–Trinajstić information content (AvgIpc) is 2.69. The Morgan fingerprint density at radius 2 is 1.96 bits per heavy atom. The van der Waals surface area contributed by atoms with Crippen molar-refractivity contribution < 1.29 is 4.74 Å². The Morgan fingerprint density at radius 3 is 2.64 bits per heavy atom. The molecule has 1 aromatic rings. The minimum Gasteiger partial charge on any atom is -0.494 e. The number of unbranched alkanes of at least 4 members (excludes halogenated alkanes) is 2. The van der Waals surface area contributed by atoms with Gasteiger partial charge in [0.1, 0.15) is 5.75 Å². The number of piperazine rings is 1. The molecule has 0 radical (unpaired) electrons. The predicted molar refractivity (Wildman–Crippen MR) is 123 cm³/mol. The summed E-state index contributed by atoms with van der Waals surface area (Å²) in [7, 11) is 0. The summed E-state index contributed by atoms with van der Waals surface area (Å²) in [5.41, 5.74) is 7.52. The van der Waals surface area contributed by atoms with E-state index in [1.165, 1.54) is 18.5 Å². The molecule has 0 amide bonds. The quantitative estimate of drug-likeness (QED) is 0.335. The third-order valence-corrected chi connectivity index (χ3v) is 4.83. The number of nitrogens with two attached hydrogens (primary N) is 1. The van der Waals surface area contributed by atoms with Gasteiger partial charge >= 0.3 is 0 Å². The Kier molecular flexibility index (Phi) is 9.59. The van der Waals surface area contributed by atoms with Gasteiger partial charge < -0.3 is 20.7 Å². The lowest BCUT2D eigenvalue weighted by Crippen LogP contribution is -2.45. The molecule has 0 aromatic heterocycles. The van der Waals surface area contributed by atoms with E-state index in [0.29, 0.717) is 0 Å². The van der Waals surface area contributed by atoms with Crippen LogP contribution in [0.3, 0.4) is 0 Å². The second-order valence-corrected chi connectivity index (χ2v) is 7.23. The highest BCUT2D eigenvalue weighted by atomic mass is 32.1. The van der Waals surface area contributed by atoms with Crippen LogP contribution >= 0.6 is 12.2 Å². The third kappa shape index (κ3) is 7.74. The Bertz CT molecular complexity index is 681. The Morgan fingerprint density at radius 1 is 1.18 bits per heavy atom. The number of rotatable bonds is 11. The highest BCUT2D eigenvalue weighted by molar-refractivity contribution is 7.80. The minimum absolute atomic E-state index is 0.260. The van der Waals surface area contributed by atoms with Crippen molar-refractivity contribution >= 4 is 23.0 Å². The van der Waals surface area contributed by atoms with Gasteiger partial charge in [-0.25, -0.2) is 0 Å². The molecule has 152 valence electrons. The highest BCUT2D eigenvalue weighted by Crippen LogP contribution is 2.18. The summed E-state index contributed by atoms with van der Waals surface area (Å²) in [4.78, 5) is 4.91. The van der Waals surface area contributed by atoms with Gasteiger partial charge in [-0.1, -0.05) is 25.3 Å². The van der Waals surface area contributed by atoms with Crippen molar-refractivity contribution in [3.8, 4) is 5.75 Å². The summed E-state index contributed by atoms with van der Waals surface area (Å²) in [6.45, 7) is 13.8. The molecule has 2 rings (SSSR count). The number of benzene rings is 1. The van der Waals surface area contributed by atoms with Gasteiger partial charge in [-0.15, -0.1) is 0 Å². The fourth-order valence-corrected chi connectivity index (χ4v) is 3.38. The molecule has 0 spiro atoms. The zero-order valence-corrected chi connectivity index (χ0v) is 17.4. The molecule has 1 aliphatic heterocycles. The van der Waals surface area contributed by atoms with E-state index in [1.54, 1.807) is 0 Å². The molecule has 0 bridgehead atoms. The number of thiocarbonyl (C=S) groups is 1. The van der Waals surface area contributed by atoms with Gasteiger partial charge in [0.15, 0.2) is 5.11 Å². The van der Waals surface area contributed by atoms with Gasteiger partial charge in [0.2, 0.25) is 0 Å². The van der Waals surface area contributed by atoms with Gasteiger partial charge in [0.25, 0.3) is 0 Å². The minimum atomic E-state index is 0.260. The van der Waals surface area contributed by atoms with Crippen LogP contribution in [0.5, 0.6) is 5.75 Å². The first-order valence-electron chi connectivity index (χ1n) is 9.84. The number of hydrogen-bond donors (Lipinski definition) is 2. The zero-order valence-electron chi connectivity index (χ0n) is 16.6. The maximum absolute atomic E-state index is 5.83. The number of nitrogens with one attached hydrogen (secondary N) is 1. The van der Waals surface area contributed by atoms with Crippen LogP contribution in [-0.4, -0.2) is 54.2 Å². The summed E-state index contributed by atoms with van der Waals surface area (Å²) >= 11 is 4.86. The van der Waals surface area contributed by atoms with Gasteiger partial charge in [-0.05, 0) is 62.3 Å². The second-order valence-electron chi connectivity index (χ2n) is 6.79. The Balaban J connectivity index is 1.58. The standard InChI is InChI=1S/C22H32N4OS/c1-3-9-20(4-2)26-15-13-25(14-16-26)12-6-5-7-17-27-21-11-8-10-19(18-21)24-22(23)28/h3-4,8-11,18H,1-2,5-7,12-17H2,(H3,23,24,28)/b20-9+. The van der Waals surface area contributed by atoms with E-state index in [9.17, 15) is 0 Å². The first kappa shape index (κ1) is 22.0. The summed E-state index contributed by atoms with van der Waals surface area (Å²) in [6, 6.07) is 7.70. The van der Waals surface area contributed by atoms with Crippen molar-refractivity contribution in [2.45, 2.75) is 19.3 Å². The topological polar surface area (TPSA) is 53.8 Å². The van der Waals surface area contributed by atoms with Crippen LogP contribution in [0.1, 0.15) is 19.3 Å². The monoisotopic (exact) mass is 400 g/mol. The maximum atomic E-state index is 5.83. The first-order valence-corrected chi connectivity index (χ1v) is 10.2. The molecule has 0 atom stereocenters. The Hall–Kier alpha value is -2.31. The molecule has 5 nitrogen and oxygen atoms in total. The van der Waals surface area contributed by atoms with Crippen LogP contribution in [0.4, 0.5) is 5.69 Å². The number of nitrogens with zero attached hydrogens (tertiary/aromatic N) is 2. The summed E-state index contributed by atoms with van der Waals surface area (Å²) in [6.07, 6.45) is 9.18. The second kappa shape index (κ2) is 12.2. The molecular weight excluding hydrogens is 368 g/mol. The molecular formula is C22H32N4OS. The van der Waals surface area contributed by atoms with Crippen LogP contribution in [-0.2, 0) is 0 Å². The fourth-order valence-electron chi connectivity index (χ4n) is 3.26. The van der Waals surface area contributed by atoms with E-state index in [1.807, 2.05) is 42.5 Å². The molecule has 6 heteroatoms. The Labute approximate surface area is 174 Å².